The smallest absolute Gasteiger partial charge is 0.405 e. The molecule has 11 heteroatoms. The number of fused-ring (bicyclic) bond motifs is 1. The third kappa shape index (κ3) is 4.39. The number of aromatic nitrogens is 4. The number of nitrogens with one attached hydrogen (secondary N) is 1. The highest BCUT2D eigenvalue weighted by molar-refractivity contribution is 5.82. The van der Waals surface area contributed by atoms with Gasteiger partial charge in [0.05, 0.1) is 6.33 Å². The van der Waals surface area contributed by atoms with E-state index in [-0.39, 0.29) is 35.6 Å². The number of hydrogen-bond acceptors (Lipinski definition) is 6. The van der Waals surface area contributed by atoms with Crippen LogP contribution in [0.2, 0.25) is 0 Å². The Morgan fingerprint density at radius 1 is 1.21 bits per heavy atom. The molecule has 7 nitrogen and oxygen atoms in total. The van der Waals surface area contributed by atoms with E-state index in [0.29, 0.717) is 12.1 Å². The summed E-state index contributed by atoms with van der Waals surface area (Å²) in [5.74, 6) is -0.275. The maximum absolute atomic E-state index is 14.0. The predicted molar refractivity (Wildman–Crippen MR) is 94.6 cm³/mol. The summed E-state index contributed by atoms with van der Waals surface area (Å²) in [6, 6.07) is 5.68. The first-order valence-corrected chi connectivity index (χ1v) is 9.00. The summed E-state index contributed by atoms with van der Waals surface area (Å²) in [7, 11) is 0. The quantitative estimate of drug-likeness (QED) is 0.502. The molecule has 0 radical (unpaired) electrons. The minimum absolute atomic E-state index is 0.0730. The lowest BCUT2D eigenvalue weighted by Crippen LogP contribution is -2.19. The minimum Gasteiger partial charge on any atom is -0.405 e. The van der Waals surface area contributed by atoms with Crippen LogP contribution in [0.5, 0.6) is 5.75 Å². The Balaban J connectivity index is 1.60. The van der Waals surface area contributed by atoms with Gasteiger partial charge in [-0.15, -0.1) is 13.2 Å². The summed E-state index contributed by atoms with van der Waals surface area (Å²) >= 11 is 0. The standard InChI is InChI=1S/C18H17F4N5O2/c19-17-25-15(23-9-11-5-1-2-6-12(11)29-18(20,21)22)14-16(26-17)27(10-24-14)13-7-3-4-8-28-13/h1-2,5-6,10,13H,3-4,7-9H2,(H,23,25,26). The number of nitrogens with zero attached hydrogens (tertiary/aromatic N) is 4. The van der Waals surface area contributed by atoms with Gasteiger partial charge in [-0.25, -0.2) is 4.98 Å². The van der Waals surface area contributed by atoms with Gasteiger partial charge in [0, 0.05) is 18.7 Å². The van der Waals surface area contributed by atoms with Gasteiger partial charge in [-0.05, 0) is 25.3 Å². The van der Waals surface area contributed by atoms with E-state index >= 15 is 0 Å². The van der Waals surface area contributed by atoms with Gasteiger partial charge in [0.2, 0.25) is 0 Å². The molecule has 3 heterocycles. The molecule has 3 aromatic rings. The predicted octanol–water partition coefficient (Wildman–Crippen LogP) is 4.18. The zero-order valence-corrected chi connectivity index (χ0v) is 15.1. The average molecular weight is 411 g/mol. The van der Waals surface area contributed by atoms with Crippen molar-refractivity contribution in [3.05, 3.63) is 42.2 Å². The van der Waals surface area contributed by atoms with Gasteiger partial charge >= 0.3 is 12.4 Å². The fourth-order valence-corrected chi connectivity index (χ4v) is 3.22. The molecule has 0 saturated carbocycles. The number of para-hydroxylation sites is 1. The SMILES string of the molecule is Fc1nc(NCc2ccccc2OC(F)(F)F)c2ncn(C3CCCCO3)c2n1. The summed E-state index contributed by atoms with van der Waals surface area (Å²) < 4.78 is 63.2. The molecular formula is C18H17F4N5O2. The van der Waals surface area contributed by atoms with Crippen LogP contribution in [0.3, 0.4) is 0 Å². The van der Waals surface area contributed by atoms with Crippen LogP contribution in [0.25, 0.3) is 11.2 Å². The molecule has 1 aromatic carbocycles. The molecule has 1 saturated heterocycles. The van der Waals surface area contributed by atoms with Crippen LogP contribution in [0.1, 0.15) is 31.1 Å². The van der Waals surface area contributed by atoms with Crippen LogP contribution in [0.15, 0.2) is 30.6 Å². The summed E-state index contributed by atoms with van der Waals surface area (Å²) in [6.45, 7) is 0.517. The minimum atomic E-state index is -4.82. The van der Waals surface area contributed by atoms with Crippen molar-refractivity contribution in [1.82, 2.24) is 19.5 Å². The largest absolute Gasteiger partial charge is 0.573 e. The topological polar surface area (TPSA) is 74.1 Å². The molecule has 1 unspecified atom stereocenters. The number of halogens is 4. The van der Waals surface area contributed by atoms with Crippen molar-refractivity contribution in [1.29, 1.82) is 0 Å². The Bertz CT molecular complexity index is 1000. The molecule has 154 valence electrons. The van der Waals surface area contributed by atoms with E-state index in [2.05, 4.69) is 25.0 Å². The van der Waals surface area contributed by atoms with Gasteiger partial charge in [-0.3, -0.25) is 4.57 Å². The Morgan fingerprint density at radius 2 is 2.03 bits per heavy atom. The summed E-state index contributed by atoms with van der Waals surface area (Å²) in [4.78, 5) is 11.8. The molecule has 29 heavy (non-hydrogen) atoms. The van der Waals surface area contributed by atoms with Crippen LogP contribution in [-0.4, -0.2) is 32.5 Å². The molecule has 1 N–H and O–H groups in total. The van der Waals surface area contributed by atoms with Crippen LogP contribution >= 0.6 is 0 Å². The molecule has 0 aliphatic carbocycles. The molecule has 1 atom stereocenters. The fraction of sp³-hybridized carbons (Fsp3) is 0.389. The highest BCUT2D eigenvalue weighted by Gasteiger charge is 2.32. The van der Waals surface area contributed by atoms with Crippen molar-refractivity contribution in [2.24, 2.45) is 0 Å². The van der Waals surface area contributed by atoms with Crippen LogP contribution in [0.4, 0.5) is 23.4 Å². The van der Waals surface area contributed by atoms with E-state index in [4.69, 9.17) is 4.74 Å². The summed E-state index contributed by atoms with van der Waals surface area (Å²) in [5, 5.41) is 2.83. The van der Waals surface area contributed by atoms with Crippen molar-refractivity contribution in [3.63, 3.8) is 0 Å². The monoisotopic (exact) mass is 411 g/mol. The van der Waals surface area contributed by atoms with E-state index in [1.807, 2.05) is 0 Å². The Morgan fingerprint density at radius 3 is 2.79 bits per heavy atom. The van der Waals surface area contributed by atoms with Crippen molar-refractivity contribution in [3.8, 4) is 5.75 Å². The number of rotatable bonds is 5. The average Bonchev–Trinajstić information content (AvgIpc) is 3.10. The number of anilines is 1. The second-order valence-electron chi connectivity index (χ2n) is 6.50. The van der Waals surface area contributed by atoms with Gasteiger partial charge < -0.3 is 14.8 Å². The third-order valence-corrected chi connectivity index (χ3v) is 4.50. The zero-order chi connectivity index (χ0) is 20.4. The second kappa shape index (κ2) is 7.82. The number of imidazole rings is 1. The molecule has 2 aromatic heterocycles. The van der Waals surface area contributed by atoms with Crippen molar-refractivity contribution < 1.29 is 27.0 Å². The number of alkyl halides is 3. The van der Waals surface area contributed by atoms with Crippen LogP contribution in [0, 0.1) is 6.08 Å². The van der Waals surface area contributed by atoms with Gasteiger partial charge in [0.15, 0.2) is 17.0 Å². The molecule has 1 fully saturated rings. The lowest BCUT2D eigenvalue weighted by Gasteiger charge is -2.23. The first-order chi connectivity index (χ1) is 13.9. The normalized spacial score (nSPS) is 17.4. The van der Waals surface area contributed by atoms with E-state index < -0.39 is 12.4 Å². The third-order valence-electron chi connectivity index (χ3n) is 4.50. The Kier molecular flexibility index (Phi) is 5.22. The molecule has 0 amide bonds. The van der Waals surface area contributed by atoms with Crippen molar-refractivity contribution in [2.45, 2.75) is 38.4 Å². The Labute approximate surface area is 162 Å². The first-order valence-electron chi connectivity index (χ1n) is 9.00. The fourth-order valence-electron chi connectivity index (χ4n) is 3.22. The highest BCUT2D eigenvalue weighted by Crippen LogP contribution is 2.29. The number of hydrogen-bond donors (Lipinski definition) is 1. The molecule has 1 aliphatic heterocycles. The zero-order valence-electron chi connectivity index (χ0n) is 15.1. The Hall–Kier alpha value is -2.95. The maximum Gasteiger partial charge on any atom is 0.573 e. The number of benzene rings is 1. The lowest BCUT2D eigenvalue weighted by molar-refractivity contribution is -0.274. The molecule has 4 rings (SSSR count). The summed E-state index contributed by atoms with van der Waals surface area (Å²) in [6.07, 6.45) is -1.90. The van der Waals surface area contributed by atoms with Gasteiger partial charge in [0.1, 0.15) is 12.0 Å². The van der Waals surface area contributed by atoms with E-state index in [1.165, 1.54) is 24.5 Å². The lowest BCUT2D eigenvalue weighted by atomic mass is 10.2. The summed E-state index contributed by atoms with van der Waals surface area (Å²) in [5.41, 5.74) is 0.786. The molecule has 0 spiro atoms. The van der Waals surface area contributed by atoms with Gasteiger partial charge in [0.25, 0.3) is 0 Å². The molecule has 0 bridgehead atoms. The van der Waals surface area contributed by atoms with E-state index in [9.17, 15) is 17.6 Å². The van der Waals surface area contributed by atoms with Gasteiger partial charge in [-0.2, -0.15) is 14.4 Å². The molecule has 1 aliphatic rings. The van der Waals surface area contributed by atoms with E-state index in [1.54, 1.807) is 10.6 Å². The highest BCUT2D eigenvalue weighted by atomic mass is 19.4. The number of ether oxygens (including phenoxy) is 2. The van der Waals surface area contributed by atoms with Gasteiger partial charge in [-0.1, -0.05) is 18.2 Å². The van der Waals surface area contributed by atoms with E-state index in [0.717, 1.165) is 19.3 Å². The van der Waals surface area contributed by atoms with Crippen molar-refractivity contribution >= 4 is 17.0 Å². The first kappa shape index (κ1) is 19.4. The second-order valence-corrected chi connectivity index (χ2v) is 6.50. The van der Waals surface area contributed by atoms with Crippen LogP contribution in [-0.2, 0) is 11.3 Å². The maximum atomic E-state index is 14.0. The molecular weight excluding hydrogens is 394 g/mol. The van der Waals surface area contributed by atoms with Crippen molar-refractivity contribution in [2.75, 3.05) is 11.9 Å². The van der Waals surface area contributed by atoms with Crippen LogP contribution < -0.4 is 10.1 Å².